The van der Waals surface area contributed by atoms with Crippen molar-refractivity contribution in [3.63, 3.8) is 0 Å². The summed E-state index contributed by atoms with van der Waals surface area (Å²) < 4.78 is 8.79. The van der Waals surface area contributed by atoms with E-state index in [9.17, 15) is 9.90 Å². The highest BCUT2D eigenvalue weighted by Gasteiger charge is 2.15. The number of ether oxygens (including phenoxy) is 1. The van der Waals surface area contributed by atoms with Crippen LogP contribution < -0.4 is 10.3 Å². The van der Waals surface area contributed by atoms with Crippen molar-refractivity contribution in [1.29, 1.82) is 0 Å². The summed E-state index contributed by atoms with van der Waals surface area (Å²) in [5, 5.41) is 10.8. The Balaban J connectivity index is 2.22. The molecule has 3 rings (SSSR count). The Morgan fingerprint density at radius 2 is 2.04 bits per heavy atom. The standard InChI is InChI=1S/C17H17ClN2O3/c1-19-17(22)13-7-6-12(18)8-15(13)20(19)9-14-11(10-21)4-3-5-16(14)23-2/h3-8,21H,9-10H2,1-2H3. The molecule has 0 bridgehead atoms. The quantitative estimate of drug-likeness (QED) is 0.798. The SMILES string of the molecule is COc1cccc(CO)c1Cn1c2cc(Cl)ccc2c(=O)n1C. The van der Waals surface area contributed by atoms with Crippen molar-refractivity contribution in [2.24, 2.45) is 7.05 Å². The third-order valence-electron chi connectivity index (χ3n) is 4.05. The highest BCUT2D eigenvalue weighted by atomic mass is 35.5. The van der Waals surface area contributed by atoms with Gasteiger partial charge in [0.25, 0.3) is 5.56 Å². The third-order valence-corrected chi connectivity index (χ3v) is 4.29. The smallest absolute Gasteiger partial charge is 0.274 e. The van der Waals surface area contributed by atoms with Gasteiger partial charge in [-0.1, -0.05) is 23.7 Å². The van der Waals surface area contributed by atoms with Gasteiger partial charge in [0.1, 0.15) is 5.75 Å². The minimum atomic E-state index is -0.0968. The number of hydrogen-bond donors (Lipinski definition) is 1. The molecule has 1 aromatic heterocycles. The minimum absolute atomic E-state index is 0.0860. The van der Waals surface area contributed by atoms with E-state index in [4.69, 9.17) is 16.3 Å². The number of aliphatic hydroxyl groups excluding tert-OH is 1. The van der Waals surface area contributed by atoms with Crippen molar-refractivity contribution in [2.75, 3.05) is 7.11 Å². The summed E-state index contributed by atoms with van der Waals surface area (Å²) in [5.41, 5.74) is 2.27. The molecule has 120 valence electrons. The molecule has 0 amide bonds. The van der Waals surface area contributed by atoms with Gasteiger partial charge in [0.05, 0.1) is 31.2 Å². The van der Waals surface area contributed by atoms with Gasteiger partial charge in [-0.3, -0.25) is 14.2 Å². The van der Waals surface area contributed by atoms with Gasteiger partial charge in [0, 0.05) is 17.6 Å². The average Bonchev–Trinajstić information content (AvgIpc) is 2.79. The monoisotopic (exact) mass is 332 g/mol. The van der Waals surface area contributed by atoms with E-state index in [0.717, 1.165) is 16.6 Å². The normalized spacial score (nSPS) is 11.1. The Bertz CT molecular complexity index is 905. The molecule has 2 aromatic carbocycles. The lowest BCUT2D eigenvalue weighted by Crippen LogP contribution is -2.20. The highest BCUT2D eigenvalue weighted by molar-refractivity contribution is 6.31. The zero-order valence-electron chi connectivity index (χ0n) is 12.9. The average molecular weight is 333 g/mol. The van der Waals surface area contributed by atoms with E-state index >= 15 is 0 Å². The molecule has 0 saturated carbocycles. The molecule has 0 aliphatic carbocycles. The van der Waals surface area contributed by atoms with Crippen LogP contribution in [0.15, 0.2) is 41.2 Å². The highest BCUT2D eigenvalue weighted by Crippen LogP contribution is 2.25. The molecule has 0 radical (unpaired) electrons. The summed E-state index contributed by atoms with van der Waals surface area (Å²) in [6, 6.07) is 10.7. The van der Waals surface area contributed by atoms with Crippen molar-refractivity contribution in [3.05, 3.63) is 62.9 Å². The van der Waals surface area contributed by atoms with E-state index < -0.39 is 0 Å². The third kappa shape index (κ3) is 2.62. The fourth-order valence-corrected chi connectivity index (χ4v) is 2.98. The Morgan fingerprint density at radius 1 is 1.26 bits per heavy atom. The number of benzene rings is 2. The number of aromatic nitrogens is 2. The van der Waals surface area contributed by atoms with Crippen LogP contribution in [0.3, 0.4) is 0 Å². The molecule has 0 aliphatic rings. The first-order valence-corrected chi connectivity index (χ1v) is 7.55. The van der Waals surface area contributed by atoms with Gasteiger partial charge in [0.2, 0.25) is 0 Å². The van der Waals surface area contributed by atoms with E-state index in [0.29, 0.717) is 22.7 Å². The van der Waals surface area contributed by atoms with Gasteiger partial charge in [-0.2, -0.15) is 0 Å². The van der Waals surface area contributed by atoms with Crippen molar-refractivity contribution in [3.8, 4) is 5.75 Å². The maximum atomic E-state index is 12.4. The fraction of sp³-hybridized carbons (Fsp3) is 0.235. The van der Waals surface area contributed by atoms with Crippen LogP contribution in [-0.4, -0.2) is 21.6 Å². The fourth-order valence-electron chi connectivity index (χ4n) is 2.82. The lowest BCUT2D eigenvalue weighted by Gasteiger charge is -2.15. The molecular weight excluding hydrogens is 316 g/mol. The van der Waals surface area contributed by atoms with Gasteiger partial charge in [-0.25, -0.2) is 0 Å². The predicted octanol–water partition coefficient (Wildman–Crippen LogP) is 2.54. The zero-order chi connectivity index (χ0) is 16.6. The van der Waals surface area contributed by atoms with Crippen LogP contribution in [0.25, 0.3) is 10.9 Å². The van der Waals surface area contributed by atoms with Crippen molar-refractivity contribution < 1.29 is 9.84 Å². The molecule has 0 aliphatic heterocycles. The number of nitrogens with zero attached hydrogens (tertiary/aromatic N) is 2. The molecule has 0 fully saturated rings. The molecule has 0 spiro atoms. The second-order valence-corrected chi connectivity index (χ2v) is 5.74. The van der Waals surface area contributed by atoms with Gasteiger partial charge in [-0.05, 0) is 29.8 Å². The number of aliphatic hydroxyl groups is 1. The van der Waals surface area contributed by atoms with Crippen LogP contribution in [0.1, 0.15) is 11.1 Å². The number of fused-ring (bicyclic) bond motifs is 1. The van der Waals surface area contributed by atoms with Crippen LogP contribution in [-0.2, 0) is 20.2 Å². The summed E-state index contributed by atoms with van der Waals surface area (Å²) >= 11 is 6.08. The van der Waals surface area contributed by atoms with E-state index in [2.05, 4.69) is 0 Å². The number of hydrogen-bond acceptors (Lipinski definition) is 3. The predicted molar refractivity (Wildman–Crippen MR) is 90.2 cm³/mol. The van der Waals surface area contributed by atoms with Crippen LogP contribution >= 0.6 is 11.6 Å². The van der Waals surface area contributed by atoms with Crippen molar-refractivity contribution in [2.45, 2.75) is 13.2 Å². The zero-order valence-corrected chi connectivity index (χ0v) is 13.7. The minimum Gasteiger partial charge on any atom is -0.496 e. The first kappa shape index (κ1) is 15.6. The number of halogens is 1. The molecule has 3 aromatic rings. The van der Waals surface area contributed by atoms with Gasteiger partial charge in [0.15, 0.2) is 0 Å². The van der Waals surface area contributed by atoms with Gasteiger partial charge < -0.3 is 9.84 Å². The van der Waals surface area contributed by atoms with Crippen molar-refractivity contribution in [1.82, 2.24) is 9.36 Å². The second-order valence-electron chi connectivity index (χ2n) is 5.30. The number of methoxy groups -OCH3 is 1. The number of rotatable bonds is 4. The molecule has 1 heterocycles. The molecule has 1 N–H and O–H groups in total. The van der Waals surface area contributed by atoms with Crippen LogP contribution in [0.5, 0.6) is 5.75 Å². The summed E-state index contributed by atoms with van der Waals surface area (Å²) in [5.74, 6) is 0.674. The summed E-state index contributed by atoms with van der Waals surface area (Å²) in [6.07, 6.45) is 0. The molecule has 23 heavy (non-hydrogen) atoms. The Kier molecular flexibility index (Phi) is 4.15. The van der Waals surface area contributed by atoms with E-state index in [1.54, 1.807) is 37.0 Å². The van der Waals surface area contributed by atoms with Gasteiger partial charge >= 0.3 is 0 Å². The van der Waals surface area contributed by atoms with E-state index in [-0.39, 0.29) is 12.2 Å². The summed E-state index contributed by atoms with van der Waals surface area (Å²) in [4.78, 5) is 12.4. The Morgan fingerprint density at radius 3 is 2.74 bits per heavy atom. The summed E-state index contributed by atoms with van der Waals surface area (Å²) in [6.45, 7) is 0.302. The lowest BCUT2D eigenvalue weighted by molar-refractivity contribution is 0.278. The van der Waals surface area contributed by atoms with Crippen LogP contribution in [0.4, 0.5) is 0 Å². The first-order valence-electron chi connectivity index (χ1n) is 7.17. The largest absolute Gasteiger partial charge is 0.496 e. The maximum absolute atomic E-state index is 12.4. The van der Waals surface area contributed by atoms with Crippen LogP contribution in [0, 0.1) is 0 Å². The topological polar surface area (TPSA) is 56.4 Å². The molecule has 5 nitrogen and oxygen atoms in total. The van der Waals surface area contributed by atoms with Crippen molar-refractivity contribution >= 4 is 22.5 Å². The first-order chi connectivity index (χ1) is 11.1. The molecule has 0 atom stereocenters. The van der Waals surface area contributed by atoms with E-state index in [1.807, 2.05) is 22.9 Å². The molecule has 6 heteroatoms. The molecule has 0 unspecified atom stereocenters. The maximum Gasteiger partial charge on any atom is 0.274 e. The second kappa shape index (κ2) is 6.10. The Hall–Kier alpha value is -2.24. The van der Waals surface area contributed by atoms with Gasteiger partial charge in [-0.15, -0.1) is 0 Å². The molecule has 0 saturated heterocycles. The lowest BCUT2D eigenvalue weighted by atomic mass is 10.1. The Labute approximate surface area is 138 Å². The van der Waals surface area contributed by atoms with Crippen LogP contribution in [0.2, 0.25) is 5.02 Å². The molecular formula is C17H17ClN2O3. The summed E-state index contributed by atoms with van der Waals surface area (Å²) in [7, 11) is 3.30. The van der Waals surface area contributed by atoms with E-state index in [1.165, 1.54) is 0 Å².